The van der Waals surface area contributed by atoms with Crippen molar-refractivity contribution in [1.29, 1.82) is 0 Å². The van der Waals surface area contributed by atoms with Gasteiger partial charge in [-0.3, -0.25) is 0 Å². The molecule has 1 aliphatic rings. The van der Waals surface area contributed by atoms with Crippen LogP contribution in [-0.2, 0) is 10.0 Å². The van der Waals surface area contributed by atoms with Gasteiger partial charge >= 0.3 is 6.18 Å². The number of phenolic OH excluding ortho intramolecular Hbond substituents is 1. The summed E-state index contributed by atoms with van der Waals surface area (Å²) in [4.78, 5) is 0.776. The molecule has 0 fully saturated rings. The summed E-state index contributed by atoms with van der Waals surface area (Å²) in [5.74, 6) is 0.0177. The Bertz CT molecular complexity index is 1260. The Hall–Kier alpha value is -2.82. The van der Waals surface area contributed by atoms with E-state index in [2.05, 4.69) is 11.9 Å². The number of benzene rings is 2. The highest BCUT2D eigenvalue weighted by atomic mass is 32.2. The van der Waals surface area contributed by atoms with Gasteiger partial charge in [-0.05, 0) is 41.3 Å². The van der Waals surface area contributed by atoms with Crippen molar-refractivity contribution in [3.63, 3.8) is 0 Å². The van der Waals surface area contributed by atoms with Gasteiger partial charge in [0.2, 0.25) is 10.0 Å². The number of alkyl halides is 3. The number of hydrogen-bond acceptors (Lipinski definition) is 5. The van der Waals surface area contributed by atoms with Crippen LogP contribution in [0, 0.1) is 0 Å². The Kier molecular flexibility index (Phi) is 5.32. The molecule has 5 nitrogen and oxygen atoms in total. The van der Waals surface area contributed by atoms with Gasteiger partial charge in [-0.2, -0.15) is 13.2 Å². The summed E-state index contributed by atoms with van der Waals surface area (Å²) in [6.45, 7) is 3.28. The van der Waals surface area contributed by atoms with Crippen LogP contribution in [0.1, 0.15) is 11.3 Å². The van der Waals surface area contributed by atoms with Gasteiger partial charge in [0.25, 0.3) is 0 Å². The second kappa shape index (κ2) is 7.70. The van der Waals surface area contributed by atoms with Crippen molar-refractivity contribution in [3.8, 4) is 28.0 Å². The molecule has 2 heterocycles. The molecule has 31 heavy (non-hydrogen) atoms. The van der Waals surface area contributed by atoms with Crippen LogP contribution < -0.4 is 10.0 Å². The van der Waals surface area contributed by atoms with Crippen molar-refractivity contribution in [1.82, 2.24) is 4.72 Å². The first-order valence-corrected chi connectivity index (χ1v) is 11.5. The third-order valence-corrected chi connectivity index (χ3v) is 7.28. The number of thiophene rings is 1. The van der Waals surface area contributed by atoms with Crippen molar-refractivity contribution in [3.05, 3.63) is 59.3 Å². The van der Waals surface area contributed by atoms with Crippen LogP contribution in [-0.4, -0.2) is 26.2 Å². The average Bonchev–Trinajstić information content (AvgIpc) is 3.18. The first-order chi connectivity index (χ1) is 14.6. The monoisotopic (exact) mass is 466 g/mol. The first-order valence-electron chi connectivity index (χ1n) is 9.14. The second-order valence-electron chi connectivity index (χ2n) is 6.94. The molecule has 3 aromatic rings. The highest BCUT2D eigenvalue weighted by molar-refractivity contribution is 7.89. The van der Waals surface area contributed by atoms with Gasteiger partial charge < -0.3 is 10.4 Å². The van der Waals surface area contributed by atoms with Crippen LogP contribution in [0.2, 0.25) is 0 Å². The lowest BCUT2D eigenvalue weighted by atomic mass is 9.90. The predicted octanol–water partition coefficient (Wildman–Crippen LogP) is 5.41. The van der Waals surface area contributed by atoms with Crippen LogP contribution in [0.15, 0.2) is 59.3 Å². The minimum Gasteiger partial charge on any atom is -0.507 e. The number of rotatable bonds is 5. The van der Waals surface area contributed by atoms with E-state index in [9.17, 15) is 26.7 Å². The van der Waals surface area contributed by atoms with Gasteiger partial charge in [0.15, 0.2) is 0 Å². The maximum Gasteiger partial charge on any atom is 0.390 e. The number of anilines is 1. The Morgan fingerprint density at radius 2 is 1.77 bits per heavy atom. The van der Waals surface area contributed by atoms with Gasteiger partial charge in [-0.25, -0.2) is 13.1 Å². The van der Waals surface area contributed by atoms with Gasteiger partial charge in [-0.1, -0.05) is 18.7 Å². The van der Waals surface area contributed by atoms with Crippen molar-refractivity contribution < 1.29 is 26.7 Å². The Labute approximate surface area is 180 Å². The zero-order valence-corrected chi connectivity index (χ0v) is 17.6. The van der Waals surface area contributed by atoms with E-state index in [1.54, 1.807) is 6.07 Å². The molecule has 2 aromatic carbocycles. The van der Waals surface area contributed by atoms with Crippen LogP contribution in [0.3, 0.4) is 0 Å². The molecule has 1 aromatic heterocycles. The van der Waals surface area contributed by atoms with E-state index in [0.29, 0.717) is 11.1 Å². The van der Waals surface area contributed by atoms with Crippen LogP contribution in [0.25, 0.3) is 28.0 Å². The molecule has 0 bridgehead atoms. The molecule has 0 atom stereocenters. The van der Waals surface area contributed by atoms with E-state index in [4.69, 9.17) is 0 Å². The third-order valence-electron chi connectivity index (χ3n) is 4.83. The number of aromatic hydroxyl groups is 1. The summed E-state index contributed by atoms with van der Waals surface area (Å²) in [6, 6.07) is 10.8. The van der Waals surface area contributed by atoms with Crippen LogP contribution in [0.4, 0.5) is 18.9 Å². The van der Waals surface area contributed by atoms with Gasteiger partial charge in [0.05, 0.1) is 16.2 Å². The predicted molar refractivity (Wildman–Crippen MR) is 115 cm³/mol. The van der Waals surface area contributed by atoms with E-state index in [-0.39, 0.29) is 10.6 Å². The van der Waals surface area contributed by atoms with Crippen LogP contribution in [0.5, 0.6) is 5.75 Å². The second-order valence-corrected chi connectivity index (χ2v) is 9.62. The summed E-state index contributed by atoms with van der Waals surface area (Å²) >= 11 is 1.51. The fraction of sp³-hybridized carbons (Fsp3) is 0.143. The molecule has 0 spiro atoms. The number of hydrogen-bond donors (Lipinski definition) is 3. The summed E-state index contributed by atoms with van der Waals surface area (Å²) < 4.78 is 63.4. The molecule has 0 amide bonds. The van der Waals surface area contributed by atoms with Gasteiger partial charge in [0, 0.05) is 34.6 Å². The van der Waals surface area contributed by atoms with Gasteiger partial charge in [-0.15, -0.1) is 11.3 Å². The molecule has 1 aliphatic heterocycles. The molecule has 4 rings (SSSR count). The smallest absolute Gasteiger partial charge is 0.390 e. The van der Waals surface area contributed by atoms with E-state index < -0.39 is 29.2 Å². The molecule has 0 saturated heterocycles. The molecule has 0 radical (unpaired) electrons. The van der Waals surface area contributed by atoms with Gasteiger partial charge in [0.1, 0.15) is 5.75 Å². The molecule has 0 unspecified atom stereocenters. The van der Waals surface area contributed by atoms with E-state index in [0.717, 1.165) is 27.4 Å². The van der Waals surface area contributed by atoms with Crippen LogP contribution >= 0.6 is 11.3 Å². The normalized spacial score (nSPS) is 13.5. The standard InChI is InChI=1S/C21H17F3N2O3S2/c1-12-20-15(8-11-30-20)19-16(26-12)6-7-17(27)18(19)13-2-4-14(5-3-13)31(28,29)25-10-9-21(22,23)24/h2-8,11,25-27H,1,9-10H2. The first kappa shape index (κ1) is 21.4. The summed E-state index contributed by atoms with van der Waals surface area (Å²) in [7, 11) is -4.09. The van der Waals surface area contributed by atoms with Crippen molar-refractivity contribution in [2.75, 3.05) is 11.9 Å². The number of fused-ring (bicyclic) bond motifs is 3. The van der Waals surface area contributed by atoms with E-state index >= 15 is 0 Å². The minimum absolute atomic E-state index is 0.0177. The SMILES string of the molecule is C=C1Nc2ccc(O)c(-c3ccc(S(=O)(=O)NCCC(F)(F)F)cc3)c2-c2ccsc21. The quantitative estimate of drug-likeness (QED) is 0.439. The molecule has 10 heteroatoms. The highest BCUT2D eigenvalue weighted by Gasteiger charge is 2.28. The molecule has 3 N–H and O–H groups in total. The maximum atomic E-state index is 12.3. The summed E-state index contributed by atoms with van der Waals surface area (Å²) in [5, 5.41) is 15.7. The topological polar surface area (TPSA) is 78.4 Å². The van der Waals surface area contributed by atoms with Crippen molar-refractivity contribution in [2.45, 2.75) is 17.5 Å². The highest BCUT2D eigenvalue weighted by Crippen LogP contribution is 2.50. The minimum atomic E-state index is -4.45. The number of phenols is 1. The molecular weight excluding hydrogens is 449 g/mol. The zero-order chi connectivity index (χ0) is 22.4. The average molecular weight is 467 g/mol. The van der Waals surface area contributed by atoms with Crippen molar-refractivity contribution in [2.24, 2.45) is 0 Å². The maximum absolute atomic E-state index is 12.3. The van der Waals surface area contributed by atoms with E-state index in [1.165, 1.54) is 41.7 Å². The number of sulfonamides is 1. The fourth-order valence-corrected chi connectivity index (χ4v) is 5.30. The lowest BCUT2D eigenvalue weighted by Gasteiger charge is -2.24. The lowest BCUT2D eigenvalue weighted by molar-refractivity contribution is -0.132. The fourth-order valence-electron chi connectivity index (χ4n) is 3.44. The molecule has 0 aliphatic carbocycles. The Balaban J connectivity index is 1.69. The lowest BCUT2D eigenvalue weighted by Crippen LogP contribution is -2.28. The summed E-state index contributed by atoms with van der Waals surface area (Å²) in [5.41, 5.74) is 4.26. The van der Waals surface area contributed by atoms with E-state index in [1.807, 2.05) is 16.2 Å². The summed E-state index contributed by atoms with van der Waals surface area (Å²) in [6.07, 6.45) is -5.70. The third kappa shape index (κ3) is 4.18. The Morgan fingerprint density at radius 1 is 1.06 bits per heavy atom. The molecule has 0 saturated carbocycles. The number of nitrogens with one attached hydrogen (secondary N) is 2. The Morgan fingerprint density at radius 3 is 2.45 bits per heavy atom. The van der Waals surface area contributed by atoms with Crippen molar-refractivity contribution >= 4 is 32.7 Å². The molecular formula is C21H17F3N2O3S2. The largest absolute Gasteiger partial charge is 0.507 e. The number of halogens is 3. The zero-order valence-electron chi connectivity index (χ0n) is 16.0. The molecule has 162 valence electrons.